The molecule has 3 rings (SSSR count). The van der Waals surface area contributed by atoms with Crippen molar-refractivity contribution in [1.29, 1.82) is 0 Å². The van der Waals surface area contributed by atoms with E-state index in [0.29, 0.717) is 17.3 Å². The zero-order valence-electron chi connectivity index (χ0n) is 15.4. The fraction of sp³-hybridized carbons (Fsp3) is 0.0952. The first kappa shape index (κ1) is 20.0. The average Bonchev–Trinajstić information content (AvgIpc) is 3.20. The average molecular weight is 406 g/mol. The third kappa shape index (κ3) is 4.76. The number of hydrogen-bond donors (Lipinski definition) is 2. The van der Waals surface area contributed by atoms with Crippen LogP contribution in [0.4, 0.5) is 5.69 Å². The summed E-state index contributed by atoms with van der Waals surface area (Å²) in [6.45, 7) is 2.51. The van der Waals surface area contributed by atoms with Crippen molar-refractivity contribution in [3.05, 3.63) is 63.8 Å². The molecule has 1 aromatic heterocycles. The summed E-state index contributed by atoms with van der Waals surface area (Å²) in [6, 6.07) is 11.5. The molecule has 8 heteroatoms. The summed E-state index contributed by atoms with van der Waals surface area (Å²) in [4.78, 5) is 19.7. The predicted octanol–water partition coefficient (Wildman–Crippen LogP) is 4.64. The standard InChI is InChI=1S/C21H16N3O4S/c1-2-28-16-6-3-13(4-7-16)18-12-29-20(24-18)14(10-22)11-23-15-5-8-19(25)17(9-15)21(26)27/h3-9,11-12,25H,2H2,1H3,(H,26,27)/q-1. The largest absolute Gasteiger partial charge is 0.763 e. The van der Waals surface area contributed by atoms with E-state index in [-0.39, 0.29) is 16.9 Å². The van der Waals surface area contributed by atoms with Crippen LogP contribution in [0.1, 0.15) is 22.3 Å². The number of thiazole rings is 1. The van der Waals surface area contributed by atoms with Crippen LogP contribution in [-0.2, 0) is 0 Å². The molecule has 0 aliphatic carbocycles. The van der Waals surface area contributed by atoms with Crippen LogP contribution in [0.25, 0.3) is 22.2 Å². The van der Waals surface area contributed by atoms with E-state index in [0.717, 1.165) is 17.0 Å². The van der Waals surface area contributed by atoms with E-state index in [4.69, 9.17) is 9.84 Å². The number of aromatic nitrogens is 1. The second kappa shape index (κ2) is 8.97. The minimum Gasteiger partial charge on any atom is -0.763 e. The van der Waals surface area contributed by atoms with E-state index >= 15 is 0 Å². The highest BCUT2D eigenvalue weighted by atomic mass is 32.1. The van der Waals surface area contributed by atoms with E-state index in [1.807, 2.05) is 36.6 Å². The molecule has 0 radical (unpaired) electrons. The topological polar surface area (TPSA) is 114 Å². The van der Waals surface area contributed by atoms with Gasteiger partial charge in [-0.15, -0.1) is 11.3 Å². The van der Waals surface area contributed by atoms with Crippen molar-refractivity contribution in [2.75, 3.05) is 6.61 Å². The minimum atomic E-state index is -1.26. The number of phenols is 1. The normalized spacial score (nSPS) is 10.7. The Morgan fingerprint density at radius 2 is 2.07 bits per heavy atom. The van der Waals surface area contributed by atoms with Gasteiger partial charge in [-0.3, -0.25) is 10.9 Å². The summed E-state index contributed by atoms with van der Waals surface area (Å²) >= 11 is 1.31. The Bertz CT molecular complexity index is 1110. The predicted molar refractivity (Wildman–Crippen MR) is 114 cm³/mol. The molecule has 0 unspecified atom stereocenters. The summed E-state index contributed by atoms with van der Waals surface area (Å²) in [5.41, 5.74) is 1.92. The van der Waals surface area contributed by atoms with Crippen LogP contribution >= 0.6 is 11.3 Å². The molecule has 0 atom stereocenters. The second-order valence-corrected chi connectivity index (χ2v) is 6.64. The Morgan fingerprint density at radius 1 is 1.31 bits per heavy atom. The summed E-state index contributed by atoms with van der Waals surface area (Å²) in [5.74, 6) is 1.23. The van der Waals surface area contributed by atoms with Crippen LogP contribution in [0.5, 0.6) is 11.5 Å². The maximum absolute atomic E-state index is 11.1. The van der Waals surface area contributed by atoms with Crippen molar-refractivity contribution in [3.63, 3.8) is 0 Å². The molecular weight excluding hydrogens is 390 g/mol. The molecular formula is C21H16N3O4S-. The van der Waals surface area contributed by atoms with Gasteiger partial charge in [-0.25, -0.2) is 9.78 Å². The second-order valence-electron chi connectivity index (χ2n) is 5.79. The molecule has 2 N–H and O–H groups in total. The van der Waals surface area contributed by atoms with Gasteiger partial charge in [0.05, 0.1) is 18.0 Å². The molecule has 146 valence electrons. The van der Waals surface area contributed by atoms with E-state index in [1.165, 1.54) is 35.8 Å². The SMILES string of the molecule is CCOc1ccc(-c2csc(C(=C=[N-])C=Nc3ccc(O)c(C(=O)O)c3)n2)cc1. The Hall–Kier alpha value is -3.74. The number of carboxylic acids is 1. The molecule has 0 saturated heterocycles. The molecule has 0 aliphatic heterocycles. The Morgan fingerprint density at radius 3 is 2.72 bits per heavy atom. The summed E-state index contributed by atoms with van der Waals surface area (Å²) < 4.78 is 5.43. The van der Waals surface area contributed by atoms with Crippen molar-refractivity contribution in [2.45, 2.75) is 6.92 Å². The van der Waals surface area contributed by atoms with Crippen molar-refractivity contribution < 1.29 is 19.7 Å². The molecule has 2 aromatic carbocycles. The number of hydrogen-bond acceptors (Lipinski definition) is 6. The number of aliphatic imine (C=N–C) groups is 1. The Balaban J connectivity index is 1.81. The van der Waals surface area contributed by atoms with Crippen LogP contribution in [0.15, 0.2) is 52.8 Å². The molecule has 29 heavy (non-hydrogen) atoms. The number of carbonyl (C=O) groups is 1. The van der Waals surface area contributed by atoms with Crippen molar-refractivity contribution >= 4 is 40.7 Å². The lowest BCUT2D eigenvalue weighted by Gasteiger charge is -2.03. The number of benzene rings is 2. The van der Waals surface area contributed by atoms with Gasteiger partial charge in [0, 0.05) is 22.7 Å². The van der Waals surface area contributed by atoms with Gasteiger partial charge in [0.25, 0.3) is 0 Å². The lowest BCUT2D eigenvalue weighted by atomic mass is 10.1. The molecule has 0 fully saturated rings. The van der Waals surface area contributed by atoms with Gasteiger partial charge in [0.1, 0.15) is 22.1 Å². The molecule has 0 bridgehead atoms. The Kier molecular flexibility index (Phi) is 6.19. The van der Waals surface area contributed by atoms with Gasteiger partial charge in [-0.05, 0) is 49.4 Å². The van der Waals surface area contributed by atoms with Gasteiger partial charge >= 0.3 is 5.97 Å². The van der Waals surface area contributed by atoms with E-state index in [9.17, 15) is 15.3 Å². The first-order valence-electron chi connectivity index (χ1n) is 8.58. The third-order valence-electron chi connectivity index (χ3n) is 3.87. The van der Waals surface area contributed by atoms with Crippen LogP contribution < -0.4 is 4.74 Å². The Labute approximate surface area is 170 Å². The van der Waals surface area contributed by atoms with Gasteiger partial charge in [0.15, 0.2) is 0 Å². The number of allylic oxidation sites excluding steroid dienone is 1. The van der Waals surface area contributed by atoms with Crippen LogP contribution in [0.3, 0.4) is 0 Å². The van der Waals surface area contributed by atoms with E-state index in [1.54, 1.807) is 0 Å². The number of rotatable bonds is 7. The third-order valence-corrected chi connectivity index (χ3v) is 4.74. The summed E-state index contributed by atoms with van der Waals surface area (Å²) in [6.07, 6.45) is 1.33. The number of carboxylic acid groups (broad SMARTS) is 1. The van der Waals surface area contributed by atoms with Gasteiger partial charge in [0.2, 0.25) is 0 Å². The number of ether oxygens (including phenoxy) is 1. The van der Waals surface area contributed by atoms with Crippen molar-refractivity contribution in [3.8, 4) is 22.8 Å². The maximum Gasteiger partial charge on any atom is 0.339 e. The smallest absolute Gasteiger partial charge is 0.339 e. The highest BCUT2D eigenvalue weighted by Crippen LogP contribution is 2.27. The van der Waals surface area contributed by atoms with Crippen LogP contribution in [-0.4, -0.2) is 39.9 Å². The fourth-order valence-corrected chi connectivity index (χ4v) is 3.25. The van der Waals surface area contributed by atoms with Crippen molar-refractivity contribution in [1.82, 2.24) is 4.98 Å². The fourth-order valence-electron chi connectivity index (χ4n) is 2.47. The summed E-state index contributed by atoms with van der Waals surface area (Å²) in [7, 11) is 0. The van der Waals surface area contributed by atoms with Crippen LogP contribution in [0.2, 0.25) is 0 Å². The van der Waals surface area contributed by atoms with Gasteiger partial charge in [-0.2, -0.15) is 0 Å². The molecule has 0 amide bonds. The number of aromatic carboxylic acids is 1. The zero-order valence-corrected chi connectivity index (χ0v) is 16.2. The summed E-state index contributed by atoms with van der Waals surface area (Å²) in [5, 5.41) is 30.4. The highest BCUT2D eigenvalue weighted by molar-refractivity contribution is 7.11. The minimum absolute atomic E-state index is 0.247. The van der Waals surface area contributed by atoms with E-state index in [2.05, 4.69) is 15.8 Å². The molecule has 0 spiro atoms. The molecule has 7 nitrogen and oxygen atoms in total. The van der Waals surface area contributed by atoms with Gasteiger partial charge < -0.3 is 20.4 Å². The van der Waals surface area contributed by atoms with Gasteiger partial charge in [-0.1, -0.05) is 0 Å². The monoisotopic (exact) mass is 406 g/mol. The molecule has 0 aliphatic rings. The van der Waals surface area contributed by atoms with Crippen molar-refractivity contribution in [2.24, 2.45) is 4.99 Å². The quantitative estimate of drug-likeness (QED) is 0.555. The van der Waals surface area contributed by atoms with E-state index < -0.39 is 5.97 Å². The highest BCUT2D eigenvalue weighted by Gasteiger charge is 2.10. The molecule has 3 aromatic rings. The first-order chi connectivity index (χ1) is 14.0. The number of nitrogens with zero attached hydrogens (tertiary/aromatic N) is 3. The van der Waals surface area contributed by atoms with Crippen LogP contribution in [0, 0.1) is 0 Å². The zero-order chi connectivity index (χ0) is 20.8. The number of aromatic hydroxyl groups is 1. The molecule has 0 saturated carbocycles. The first-order valence-corrected chi connectivity index (χ1v) is 9.46. The lowest BCUT2D eigenvalue weighted by molar-refractivity contribution is 0.0693. The molecule has 1 heterocycles. The maximum atomic E-state index is 11.1. The lowest BCUT2D eigenvalue weighted by Crippen LogP contribution is -1.96.